The van der Waals surface area contributed by atoms with Gasteiger partial charge in [0.2, 0.25) is 29.4 Å². The zero-order chi connectivity index (χ0) is 43.3. The second kappa shape index (κ2) is 30.8. The van der Waals surface area contributed by atoms with Gasteiger partial charge in [0, 0.05) is 64.1 Å². The summed E-state index contributed by atoms with van der Waals surface area (Å²) in [6.07, 6.45) is 7.09. The van der Waals surface area contributed by atoms with Crippen LogP contribution in [-0.2, 0) is 23.9 Å². The summed E-state index contributed by atoms with van der Waals surface area (Å²) in [5, 5.41) is 89.7. The van der Waals surface area contributed by atoms with Gasteiger partial charge in [-0.3, -0.25) is 39.9 Å². The fourth-order valence-electron chi connectivity index (χ4n) is 5.81. The molecule has 4 amide bonds. The Kier molecular flexibility index (Phi) is 28.0. The van der Waals surface area contributed by atoms with Gasteiger partial charge in [0.25, 0.3) is 0 Å². The van der Waals surface area contributed by atoms with Crippen molar-refractivity contribution in [1.29, 1.82) is 0 Å². The first kappa shape index (κ1) is 52.8. The van der Waals surface area contributed by atoms with E-state index in [-0.39, 0.29) is 82.2 Å². The number of rotatable bonds is 33. The first-order valence-corrected chi connectivity index (χ1v) is 20.7. The van der Waals surface area contributed by atoms with Crippen molar-refractivity contribution in [1.82, 2.24) is 31.1 Å². The number of aliphatic hydroxyl groups is 5. The lowest BCUT2D eigenvalue weighted by Crippen LogP contribution is -2.64. The molecular formula is C39H72N6O13. The zero-order valence-corrected chi connectivity index (χ0v) is 34.3. The fraction of sp³-hybridized carbons (Fsp3) is 0.795. The number of carbonyl (C=O) groups excluding carboxylic acids is 4. The molecule has 19 nitrogen and oxygen atoms in total. The van der Waals surface area contributed by atoms with Crippen molar-refractivity contribution in [2.75, 3.05) is 52.4 Å². The van der Waals surface area contributed by atoms with Crippen molar-refractivity contribution < 1.29 is 65.1 Å². The van der Waals surface area contributed by atoms with Crippen molar-refractivity contribution >= 4 is 23.6 Å². The normalized spacial score (nSPS) is 19.8. The van der Waals surface area contributed by atoms with Gasteiger partial charge in [-0.1, -0.05) is 25.2 Å². The number of amides is 4. The van der Waals surface area contributed by atoms with Gasteiger partial charge in [-0.25, -0.2) is 10.1 Å². The molecule has 0 aromatic rings. The molecule has 0 spiro atoms. The van der Waals surface area contributed by atoms with E-state index in [9.17, 15) is 60.3 Å². The number of nitrogens with zero attached hydrogens (tertiary/aromatic N) is 3. The average molecular weight is 833 g/mol. The van der Waals surface area contributed by atoms with Crippen LogP contribution in [0.1, 0.15) is 116 Å². The van der Waals surface area contributed by atoms with Gasteiger partial charge in [-0.05, 0) is 90.5 Å². The monoisotopic (exact) mass is 833 g/mol. The van der Waals surface area contributed by atoms with Crippen molar-refractivity contribution in [3.05, 3.63) is 24.4 Å². The summed E-state index contributed by atoms with van der Waals surface area (Å²) in [6, 6.07) is 0. The van der Waals surface area contributed by atoms with Crippen molar-refractivity contribution in [2.24, 2.45) is 0 Å². The number of allylic oxidation sites excluding steroid dienone is 3. The number of hydroxylamine groups is 6. The predicted molar refractivity (Wildman–Crippen MR) is 212 cm³/mol. The number of nitrogens with one attached hydrogen (secondary N) is 3. The molecule has 1 fully saturated rings. The molecule has 58 heavy (non-hydrogen) atoms. The Bertz CT molecular complexity index is 1230. The SMILES string of the molecule is C=C(CCC(=O)NCCCCCN(O)C(=O)CCC=CCCC(C)O)N(O)CCCCCNC(=O)CCC(=O)N(O)CCCCCNCC1(O)OCC(O)C(O)C1O. The van der Waals surface area contributed by atoms with E-state index in [0.29, 0.717) is 101 Å². The first-order valence-electron chi connectivity index (χ1n) is 20.7. The molecule has 5 unspecified atom stereocenters. The third kappa shape index (κ3) is 24.0. The van der Waals surface area contributed by atoms with E-state index < -0.39 is 30.0 Å². The molecule has 19 heteroatoms. The number of ether oxygens (including phenoxy) is 1. The Morgan fingerprint density at radius 1 is 0.724 bits per heavy atom. The quantitative estimate of drug-likeness (QED) is 0.0189. The number of hydrogen-bond donors (Lipinski definition) is 11. The van der Waals surface area contributed by atoms with E-state index in [1.54, 1.807) is 6.92 Å². The summed E-state index contributed by atoms with van der Waals surface area (Å²) < 4.78 is 5.08. The summed E-state index contributed by atoms with van der Waals surface area (Å²) in [5.74, 6) is -3.42. The molecule has 0 aromatic carbocycles. The lowest BCUT2D eigenvalue weighted by molar-refractivity contribution is -0.317. The van der Waals surface area contributed by atoms with E-state index in [0.717, 1.165) is 23.0 Å². The molecule has 336 valence electrons. The van der Waals surface area contributed by atoms with Gasteiger partial charge < -0.3 is 46.2 Å². The van der Waals surface area contributed by atoms with Crippen LogP contribution in [0.25, 0.3) is 0 Å². The van der Waals surface area contributed by atoms with E-state index in [4.69, 9.17) is 4.74 Å². The average Bonchev–Trinajstić information content (AvgIpc) is 3.19. The first-order chi connectivity index (χ1) is 27.6. The van der Waals surface area contributed by atoms with Crippen molar-refractivity contribution in [3.8, 4) is 0 Å². The Balaban J connectivity index is 2.00. The molecule has 0 bridgehead atoms. The van der Waals surface area contributed by atoms with Crippen LogP contribution in [0.3, 0.4) is 0 Å². The molecule has 0 aliphatic carbocycles. The minimum atomic E-state index is -2.02. The minimum Gasteiger partial charge on any atom is -0.393 e. The van der Waals surface area contributed by atoms with Crippen LogP contribution in [0.4, 0.5) is 0 Å². The van der Waals surface area contributed by atoms with Gasteiger partial charge in [-0.2, -0.15) is 0 Å². The van der Waals surface area contributed by atoms with E-state index in [1.807, 2.05) is 12.2 Å². The topological polar surface area (TPSA) is 285 Å². The van der Waals surface area contributed by atoms with Crippen LogP contribution in [0, 0.1) is 0 Å². The van der Waals surface area contributed by atoms with Gasteiger partial charge in [0.15, 0.2) is 0 Å². The Morgan fingerprint density at radius 2 is 1.22 bits per heavy atom. The summed E-state index contributed by atoms with van der Waals surface area (Å²) in [5.41, 5.74) is 0.415. The lowest BCUT2D eigenvalue weighted by Gasteiger charge is -2.41. The third-order valence-corrected chi connectivity index (χ3v) is 9.61. The largest absolute Gasteiger partial charge is 0.393 e. The molecular weight excluding hydrogens is 760 g/mol. The van der Waals surface area contributed by atoms with Crippen LogP contribution in [0.5, 0.6) is 0 Å². The molecule has 1 heterocycles. The molecule has 11 N–H and O–H groups in total. The zero-order valence-electron chi connectivity index (χ0n) is 34.3. The van der Waals surface area contributed by atoms with Gasteiger partial charge >= 0.3 is 0 Å². The second-order valence-electron chi connectivity index (χ2n) is 14.9. The minimum absolute atomic E-state index is 0.0721. The number of aliphatic hydroxyl groups excluding tert-OH is 4. The van der Waals surface area contributed by atoms with E-state index >= 15 is 0 Å². The summed E-state index contributed by atoms with van der Waals surface area (Å²) in [4.78, 5) is 48.5. The van der Waals surface area contributed by atoms with Gasteiger partial charge in [0.1, 0.15) is 18.3 Å². The highest BCUT2D eigenvalue weighted by atomic mass is 16.6. The fourth-order valence-corrected chi connectivity index (χ4v) is 5.81. The molecule has 0 radical (unpaired) electrons. The molecule has 1 rings (SSSR count). The maximum Gasteiger partial charge on any atom is 0.246 e. The maximum atomic E-state index is 12.2. The lowest BCUT2D eigenvalue weighted by atomic mass is 9.97. The molecule has 0 saturated carbocycles. The summed E-state index contributed by atoms with van der Waals surface area (Å²) >= 11 is 0. The Hall–Kier alpha value is -3.24. The third-order valence-electron chi connectivity index (χ3n) is 9.61. The second-order valence-corrected chi connectivity index (χ2v) is 14.9. The van der Waals surface area contributed by atoms with Crippen LogP contribution in [-0.4, -0.2) is 163 Å². The standard InChI is InChI=1S/C39H72N6O13/c1-30(18-19-33(48)41-23-12-7-15-26-44(56)35(50)17-9-4-3-8-16-31(2)46)43(55)25-13-6-11-24-42-34(49)20-21-36(51)45(57)27-14-5-10-22-40-29-39(54)38(53)37(52)32(47)28-58-39/h3-4,31-32,37-38,40,46-47,52-57H,1,5-29H2,2H3,(H,41,48)(H,42,49). The molecule has 1 aliphatic rings. The summed E-state index contributed by atoms with van der Waals surface area (Å²) in [6.45, 7) is 7.00. The number of unbranched alkanes of at least 4 members (excludes halogenated alkanes) is 6. The highest BCUT2D eigenvalue weighted by Crippen LogP contribution is 2.23. The van der Waals surface area contributed by atoms with Crippen LogP contribution >= 0.6 is 0 Å². The number of hydrogen-bond acceptors (Lipinski definition) is 15. The molecule has 1 saturated heterocycles. The van der Waals surface area contributed by atoms with Crippen LogP contribution in [0.2, 0.25) is 0 Å². The highest BCUT2D eigenvalue weighted by Gasteiger charge is 2.48. The molecule has 5 atom stereocenters. The van der Waals surface area contributed by atoms with Crippen molar-refractivity contribution in [3.63, 3.8) is 0 Å². The molecule has 0 aromatic heterocycles. The number of carbonyl (C=O) groups is 4. The predicted octanol–water partition coefficient (Wildman–Crippen LogP) is 0.819. The maximum absolute atomic E-state index is 12.2. The summed E-state index contributed by atoms with van der Waals surface area (Å²) in [7, 11) is 0. The smallest absolute Gasteiger partial charge is 0.246 e. The highest BCUT2D eigenvalue weighted by molar-refractivity contribution is 5.83. The molecule has 1 aliphatic heterocycles. The van der Waals surface area contributed by atoms with E-state index in [1.165, 1.54) is 0 Å². The van der Waals surface area contributed by atoms with E-state index in [2.05, 4.69) is 22.5 Å². The van der Waals surface area contributed by atoms with Crippen LogP contribution < -0.4 is 16.0 Å². The Labute approximate surface area is 342 Å². The Morgan fingerprint density at radius 3 is 1.79 bits per heavy atom. The van der Waals surface area contributed by atoms with Gasteiger partial charge in [0.05, 0.1) is 19.3 Å². The van der Waals surface area contributed by atoms with Gasteiger partial charge in [-0.15, -0.1) is 0 Å². The van der Waals surface area contributed by atoms with Crippen molar-refractivity contribution in [2.45, 2.75) is 146 Å². The van der Waals surface area contributed by atoms with Crippen LogP contribution in [0.15, 0.2) is 24.4 Å².